The van der Waals surface area contributed by atoms with Gasteiger partial charge in [0.2, 0.25) is 0 Å². The van der Waals surface area contributed by atoms with Crippen LogP contribution in [0, 0.1) is 18.8 Å². The molecule has 0 spiro atoms. The quantitative estimate of drug-likeness (QED) is 0.881. The molecule has 4 heteroatoms. The van der Waals surface area contributed by atoms with E-state index in [0.717, 1.165) is 34.9 Å². The number of fused-ring (bicyclic) bond motifs is 2. The zero-order chi connectivity index (χ0) is 14.3. The van der Waals surface area contributed by atoms with Crippen molar-refractivity contribution < 1.29 is 0 Å². The van der Waals surface area contributed by atoms with Gasteiger partial charge in [0.05, 0.1) is 0 Å². The van der Waals surface area contributed by atoms with E-state index in [9.17, 15) is 0 Å². The van der Waals surface area contributed by atoms with E-state index in [1.54, 1.807) is 0 Å². The molecule has 0 amide bonds. The monoisotopic (exact) mass is 274 g/mol. The van der Waals surface area contributed by atoms with Gasteiger partial charge in [-0.15, -0.1) is 0 Å². The molecule has 2 saturated carbocycles. The van der Waals surface area contributed by atoms with Gasteiger partial charge in [-0.3, -0.25) is 0 Å². The van der Waals surface area contributed by atoms with Crippen LogP contribution < -0.4 is 10.6 Å². The van der Waals surface area contributed by atoms with Gasteiger partial charge in [0.15, 0.2) is 0 Å². The highest BCUT2D eigenvalue weighted by atomic mass is 15.1. The predicted molar refractivity (Wildman–Crippen MR) is 83.3 cm³/mol. The van der Waals surface area contributed by atoms with E-state index in [4.69, 9.17) is 4.98 Å². The van der Waals surface area contributed by atoms with Crippen LogP contribution in [0.5, 0.6) is 0 Å². The van der Waals surface area contributed by atoms with Crippen LogP contribution in [0.2, 0.25) is 0 Å². The molecule has 2 bridgehead atoms. The second-order valence-corrected chi connectivity index (χ2v) is 6.73. The topological polar surface area (TPSA) is 49.8 Å². The molecule has 20 heavy (non-hydrogen) atoms. The van der Waals surface area contributed by atoms with Crippen molar-refractivity contribution in [2.75, 3.05) is 17.7 Å². The number of aromatic nitrogens is 2. The first kappa shape index (κ1) is 13.7. The molecule has 110 valence electrons. The first-order chi connectivity index (χ1) is 9.58. The minimum absolute atomic E-state index is 0.350. The third kappa shape index (κ3) is 2.36. The summed E-state index contributed by atoms with van der Waals surface area (Å²) < 4.78 is 0. The lowest BCUT2D eigenvalue weighted by atomic mass is 9.95. The summed E-state index contributed by atoms with van der Waals surface area (Å²) >= 11 is 0. The standard InChI is InChI=1S/C16H26N4/c1-9(2)14-19-15(17-4)10(3)16(20-14)18-13-8-11-5-6-12(13)7-11/h9,11-13H,5-8H2,1-4H3,(H2,17,18,19,20). The van der Waals surface area contributed by atoms with Gasteiger partial charge in [-0.2, -0.15) is 0 Å². The highest BCUT2D eigenvalue weighted by Gasteiger charge is 2.39. The first-order valence-electron chi connectivity index (χ1n) is 7.91. The highest BCUT2D eigenvalue weighted by molar-refractivity contribution is 5.57. The van der Waals surface area contributed by atoms with Gasteiger partial charge in [0, 0.05) is 24.6 Å². The smallest absolute Gasteiger partial charge is 0.135 e. The van der Waals surface area contributed by atoms with E-state index in [0.29, 0.717) is 12.0 Å². The average molecular weight is 274 g/mol. The Labute approximate surface area is 121 Å². The number of rotatable bonds is 4. The average Bonchev–Trinajstić information content (AvgIpc) is 3.03. The Kier molecular flexibility index (Phi) is 3.57. The van der Waals surface area contributed by atoms with E-state index in [1.807, 2.05) is 7.05 Å². The minimum Gasteiger partial charge on any atom is -0.373 e. The molecule has 1 aromatic heterocycles. The highest BCUT2D eigenvalue weighted by Crippen LogP contribution is 2.45. The number of hydrogen-bond acceptors (Lipinski definition) is 4. The molecule has 3 unspecified atom stereocenters. The first-order valence-corrected chi connectivity index (χ1v) is 7.91. The molecular weight excluding hydrogens is 248 g/mol. The molecule has 4 nitrogen and oxygen atoms in total. The summed E-state index contributed by atoms with van der Waals surface area (Å²) in [6.07, 6.45) is 5.56. The third-order valence-corrected chi connectivity index (χ3v) is 4.98. The zero-order valence-electron chi connectivity index (χ0n) is 13.0. The van der Waals surface area contributed by atoms with Gasteiger partial charge >= 0.3 is 0 Å². The molecule has 0 saturated heterocycles. The van der Waals surface area contributed by atoms with Crippen molar-refractivity contribution in [2.24, 2.45) is 11.8 Å². The van der Waals surface area contributed by atoms with Crippen molar-refractivity contribution in [3.63, 3.8) is 0 Å². The molecule has 3 atom stereocenters. The van der Waals surface area contributed by atoms with E-state index >= 15 is 0 Å². The summed E-state index contributed by atoms with van der Waals surface area (Å²) in [4.78, 5) is 9.38. The molecule has 1 aromatic rings. The van der Waals surface area contributed by atoms with Crippen molar-refractivity contribution in [1.82, 2.24) is 9.97 Å². The van der Waals surface area contributed by atoms with Gasteiger partial charge in [-0.05, 0) is 38.0 Å². The van der Waals surface area contributed by atoms with Gasteiger partial charge < -0.3 is 10.6 Å². The maximum absolute atomic E-state index is 4.77. The van der Waals surface area contributed by atoms with Crippen molar-refractivity contribution in [3.8, 4) is 0 Å². The summed E-state index contributed by atoms with van der Waals surface area (Å²) in [5, 5.41) is 6.92. The normalized spacial score (nSPS) is 28.1. The molecule has 2 aliphatic carbocycles. The number of hydrogen-bond donors (Lipinski definition) is 2. The lowest BCUT2D eigenvalue weighted by Gasteiger charge is -2.25. The van der Waals surface area contributed by atoms with E-state index in [-0.39, 0.29) is 0 Å². The SMILES string of the molecule is CNc1nc(C(C)C)nc(NC2CC3CCC2C3)c1C. The van der Waals surface area contributed by atoms with Crippen LogP contribution in [0.15, 0.2) is 0 Å². The van der Waals surface area contributed by atoms with E-state index < -0.39 is 0 Å². The second-order valence-electron chi connectivity index (χ2n) is 6.73. The molecule has 3 rings (SSSR count). The van der Waals surface area contributed by atoms with Gasteiger partial charge in [-0.25, -0.2) is 9.97 Å². The summed E-state index contributed by atoms with van der Waals surface area (Å²) in [6.45, 7) is 6.39. The van der Waals surface area contributed by atoms with Crippen LogP contribution in [0.3, 0.4) is 0 Å². The lowest BCUT2D eigenvalue weighted by molar-refractivity contribution is 0.438. The molecule has 0 aliphatic heterocycles. The van der Waals surface area contributed by atoms with Crippen LogP contribution >= 0.6 is 0 Å². The lowest BCUT2D eigenvalue weighted by Crippen LogP contribution is -2.27. The molecular formula is C16H26N4. The predicted octanol–water partition coefficient (Wildman–Crippen LogP) is 3.55. The third-order valence-electron chi connectivity index (χ3n) is 4.98. The molecule has 0 radical (unpaired) electrons. The van der Waals surface area contributed by atoms with Crippen LogP contribution in [0.25, 0.3) is 0 Å². The van der Waals surface area contributed by atoms with Gasteiger partial charge in [-0.1, -0.05) is 20.3 Å². The Hall–Kier alpha value is -1.32. The largest absolute Gasteiger partial charge is 0.373 e. The van der Waals surface area contributed by atoms with Crippen LogP contribution in [-0.2, 0) is 0 Å². The summed E-state index contributed by atoms with van der Waals surface area (Å²) in [5.41, 5.74) is 1.14. The van der Waals surface area contributed by atoms with Gasteiger partial charge in [0.25, 0.3) is 0 Å². The van der Waals surface area contributed by atoms with Crippen molar-refractivity contribution >= 4 is 11.6 Å². The Balaban J connectivity index is 1.86. The Morgan fingerprint density at radius 3 is 2.40 bits per heavy atom. The van der Waals surface area contributed by atoms with Crippen LogP contribution in [0.4, 0.5) is 11.6 Å². The fourth-order valence-corrected chi connectivity index (χ4v) is 3.77. The van der Waals surface area contributed by atoms with Crippen LogP contribution in [-0.4, -0.2) is 23.1 Å². The fraction of sp³-hybridized carbons (Fsp3) is 0.750. The van der Waals surface area contributed by atoms with E-state index in [1.165, 1.54) is 25.7 Å². The Bertz CT molecular complexity index is 497. The van der Waals surface area contributed by atoms with Crippen LogP contribution in [0.1, 0.15) is 56.8 Å². The summed E-state index contributed by atoms with van der Waals surface area (Å²) in [7, 11) is 1.93. The number of nitrogens with one attached hydrogen (secondary N) is 2. The number of nitrogens with zero attached hydrogens (tertiary/aromatic N) is 2. The summed E-state index contributed by atoms with van der Waals surface area (Å²) in [6, 6.07) is 0.618. The van der Waals surface area contributed by atoms with Gasteiger partial charge in [0.1, 0.15) is 17.5 Å². The Morgan fingerprint density at radius 1 is 1.10 bits per heavy atom. The van der Waals surface area contributed by atoms with Crippen molar-refractivity contribution in [2.45, 2.75) is 58.4 Å². The maximum atomic E-state index is 4.77. The molecule has 0 aromatic carbocycles. The number of anilines is 2. The zero-order valence-corrected chi connectivity index (χ0v) is 13.0. The second kappa shape index (κ2) is 5.23. The van der Waals surface area contributed by atoms with Crippen molar-refractivity contribution in [3.05, 3.63) is 11.4 Å². The fourth-order valence-electron chi connectivity index (χ4n) is 3.77. The van der Waals surface area contributed by atoms with Crippen molar-refractivity contribution in [1.29, 1.82) is 0 Å². The minimum atomic E-state index is 0.350. The molecule has 2 fully saturated rings. The Morgan fingerprint density at radius 2 is 1.85 bits per heavy atom. The maximum Gasteiger partial charge on any atom is 0.135 e. The molecule has 2 N–H and O–H groups in total. The molecule has 1 heterocycles. The van der Waals surface area contributed by atoms with E-state index in [2.05, 4.69) is 36.4 Å². The molecule has 2 aliphatic rings. The summed E-state index contributed by atoms with van der Waals surface area (Å²) in [5.74, 6) is 5.07.